The van der Waals surface area contributed by atoms with E-state index in [-0.39, 0.29) is 11.3 Å². The summed E-state index contributed by atoms with van der Waals surface area (Å²) in [7, 11) is 3.25. The molecule has 0 spiro atoms. The van der Waals surface area contributed by atoms with Gasteiger partial charge in [-0.1, -0.05) is 33.3 Å². The molecule has 1 amide bonds. The molecule has 0 unspecified atom stereocenters. The maximum absolute atomic E-state index is 11.7. The summed E-state index contributed by atoms with van der Waals surface area (Å²) in [4.78, 5) is 11.7. The fraction of sp³-hybridized carbons (Fsp3) is 0.588. The van der Waals surface area contributed by atoms with E-state index in [1.54, 1.807) is 14.2 Å². The van der Waals surface area contributed by atoms with Gasteiger partial charge < -0.3 is 14.8 Å². The molecular formula is C17H27NO3. The lowest BCUT2D eigenvalue weighted by Gasteiger charge is -2.26. The molecule has 0 bridgehead atoms. The normalized spacial score (nSPS) is 11.1. The van der Waals surface area contributed by atoms with E-state index in [9.17, 15) is 4.79 Å². The van der Waals surface area contributed by atoms with E-state index in [4.69, 9.17) is 9.47 Å². The molecule has 4 heteroatoms. The largest absolute Gasteiger partial charge is 0.493 e. The fourth-order valence-electron chi connectivity index (χ4n) is 2.10. The smallest absolute Gasteiger partial charge is 0.220 e. The first-order chi connectivity index (χ1) is 9.94. The van der Waals surface area contributed by atoms with Crippen LogP contribution < -0.4 is 14.8 Å². The number of amides is 1. The van der Waals surface area contributed by atoms with Crippen molar-refractivity contribution in [2.75, 3.05) is 20.8 Å². The van der Waals surface area contributed by atoms with Crippen molar-refractivity contribution >= 4 is 5.91 Å². The third-order valence-corrected chi connectivity index (χ3v) is 3.65. The molecule has 1 aromatic carbocycles. The Balaban J connectivity index is 2.75. The molecule has 118 valence electrons. The number of nitrogens with one attached hydrogen (secondary N) is 1. The minimum absolute atomic E-state index is 0.116. The number of benzene rings is 1. The molecule has 4 nitrogen and oxygen atoms in total. The molecule has 0 heterocycles. The lowest BCUT2D eigenvalue weighted by atomic mass is 9.84. The van der Waals surface area contributed by atoms with Gasteiger partial charge in [-0.2, -0.15) is 0 Å². The molecule has 21 heavy (non-hydrogen) atoms. The zero-order valence-corrected chi connectivity index (χ0v) is 13.8. The van der Waals surface area contributed by atoms with Crippen LogP contribution in [0.5, 0.6) is 11.5 Å². The van der Waals surface area contributed by atoms with Crippen molar-refractivity contribution in [1.29, 1.82) is 0 Å². The zero-order valence-electron chi connectivity index (χ0n) is 13.8. The molecule has 0 aliphatic heterocycles. The molecule has 0 radical (unpaired) electrons. The first-order valence-electron chi connectivity index (χ1n) is 7.43. The fourth-order valence-corrected chi connectivity index (χ4v) is 2.10. The monoisotopic (exact) mass is 293 g/mol. The number of hydrogen-bond acceptors (Lipinski definition) is 3. The molecule has 0 atom stereocenters. The van der Waals surface area contributed by atoms with E-state index >= 15 is 0 Å². The Morgan fingerprint density at radius 2 is 1.86 bits per heavy atom. The molecule has 0 aromatic heterocycles. The van der Waals surface area contributed by atoms with E-state index < -0.39 is 0 Å². The highest BCUT2D eigenvalue weighted by molar-refractivity contribution is 5.75. The van der Waals surface area contributed by atoms with Crippen LogP contribution in [0.3, 0.4) is 0 Å². The molecular weight excluding hydrogens is 266 g/mol. The number of rotatable bonds is 8. The van der Waals surface area contributed by atoms with Crippen molar-refractivity contribution in [3.05, 3.63) is 23.8 Å². The van der Waals surface area contributed by atoms with Crippen LogP contribution in [-0.4, -0.2) is 26.7 Å². The third kappa shape index (κ3) is 4.96. The highest BCUT2D eigenvalue weighted by atomic mass is 16.5. The lowest BCUT2D eigenvalue weighted by molar-refractivity contribution is -0.121. The Hall–Kier alpha value is -1.71. The molecule has 1 N–H and O–H groups in total. The maximum atomic E-state index is 11.7. The number of ether oxygens (including phenoxy) is 2. The molecule has 1 aromatic rings. The van der Waals surface area contributed by atoms with Gasteiger partial charge in [0, 0.05) is 18.4 Å². The van der Waals surface area contributed by atoms with Gasteiger partial charge in [0.1, 0.15) is 0 Å². The van der Waals surface area contributed by atoms with E-state index in [0.29, 0.717) is 24.5 Å². The average molecular weight is 293 g/mol. The minimum atomic E-state index is -0.165. The van der Waals surface area contributed by atoms with Crippen molar-refractivity contribution in [2.24, 2.45) is 0 Å². The quantitative estimate of drug-likeness (QED) is 0.800. The topological polar surface area (TPSA) is 47.6 Å². The second-order valence-corrected chi connectivity index (χ2v) is 5.83. The second kappa shape index (κ2) is 7.91. The third-order valence-electron chi connectivity index (χ3n) is 3.65. The Bertz CT molecular complexity index is 469. The number of carbonyl (C=O) groups excluding carboxylic acids is 1. The highest BCUT2D eigenvalue weighted by Gasteiger charge is 2.23. The summed E-state index contributed by atoms with van der Waals surface area (Å²) in [6.45, 7) is 6.90. The van der Waals surface area contributed by atoms with Gasteiger partial charge in [0.15, 0.2) is 11.5 Å². The number of unbranched alkanes of at least 4 members (excludes halogenated alkanes) is 1. The van der Waals surface area contributed by atoms with Gasteiger partial charge in [-0.05, 0) is 24.1 Å². The summed E-state index contributed by atoms with van der Waals surface area (Å²) in [5.74, 6) is 1.54. The average Bonchev–Trinajstić information content (AvgIpc) is 2.50. The van der Waals surface area contributed by atoms with Crippen LogP contribution in [0.2, 0.25) is 0 Å². The Labute approximate surface area is 127 Å². The SMILES string of the molecule is CCCCC(=O)NCC(C)(C)c1ccc(OC)c(OC)c1. The summed E-state index contributed by atoms with van der Waals surface area (Å²) in [5.41, 5.74) is 0.942. The van der Waals surface area contributed by atoms with Gasteiger partial charge in [0.25, 0.3) is 0 Å². The molecule has 0 fully saturated rings. The van der Waals surface area contributed by atoms with Crippen molar-refractivity contribution in [3.63, 3.8) is 0 Å². The Kier molecular flexibility index (Phi) is 6.53. The summed E-state index contributed by atoms with van der Waals surface area (Å²) < 4.78 is 10.6. The van der Waals surface area contributed by atoms with Crippen LogP contribution in [0.25, 0.3) is 0 Å². The van der Waals surface area contributed by atoms with E-state index in [1.807, 2.05) is 18.2 Å². The van der Waals surface area contributed by atoms with E-state index in [0.717, 1.165) is 18.4 Å². The maximum Gasteiger partial charge on any atom is 0.220 e. The number of carbonyl (C=O) groups is 1. The second-order valence-electron chi connectivity index (χ2n) is 5.83. The molecule has 0 saturated carbocycles. The van der Waals surface area contributed by atoms with Gasteiger partial charge in [-0.15, -0.1) is 0 Å². The van der Waals surface area contributed by atoms with Gasteiger partial charge in [0.2, 0.25) is 5.91 Å². The number of hydrogen-bond donors (Lipinski definition) is 1. The minimum Gasteiger partial charge on any atom is -0.493 e. The van der Waals surface area contributed by atoms with Gasteiger partial charge in [-0.25, -0.2) is 0 Å². The zero-order chi connectivity index (χ0) is 15.9. The van der Waals surface area contributed by atoms with E-state index in [1.165, 1.54) is 0 Å². The molecule has 1 rings (SSSR count). The first-order valence-corrected chi connectivity index (χ1v) is 7.43. The van der Waals surface area contributed by atoms with Crippen molar-refractivity contribution < 1.29 is 14.3 Å². The van der Waals surface area contributed by atoms with Crippen LogP contribution in [-0.2, 0) is 10.2 Å². The summed E-state index contributed by atoms with van der Waals surface area (Å²) >= 11 is 0. The van der Waals surface area contributed by atoms with Crippen molar-refractivity contribution in [2.45, 2.75) is 45.4 Å². The summed E-state index contributed by atoms with van der Waals surface area (Å²) in [5, 5.41) is 3.01. The van der Waals surface area contributed by atoms with Crippen LogP contribution >= 0.6 is 0 Å². The van der Waals surface area contributed by atoms with Crippen LogP contribution in [0.15, 0.2) is 18.2 Å². The van der Waals surface area contributed by atoms with Crippen molar-refractivity contribution in [3.8, 4) is 11.5 Å². The summed E-state index contributed by atoms with van der Waals surface area (Å²) in [6.07, 6.45) is 2.56. The first kappa shape index (κ1) is 17.3. The molecule has 0 saturated heterocycles. The Morgan fingerprint density at radius 1 is 1.19 bits per heavy atom. The van der Waals surface area contributed by atoms with Gasteiger partial charge >= 0.3 is 0 Å². The van der Waals surface area contributed by atoms with Crippen LogP contribution in [0, 0.1) is 0 Å². The molecule has 0 aliphatic carbocycles. The van der Waals surface area contributed by atoms with Gasteiger partial charge in [-0.3, -0.25) is 4.79 Å². The molecule has 0 aliphatic rings. The van der Waals surface area contributed by atoms with Crippen molar-refractivity contribution in [1.82, 2.24) is 5.32 Å². The predicted octanol–water partition coefficient (Wildman–Crippen LogP) is 3.29. The Morgan fingerprint density at radius 3 is 2.43 bits per heavy atom. The van der Waals surface area contributed by atoms with E-state index in [2.05, 4.69) is 26.1 Å². The predicted molar refractivity (Wildman–Crippen MR) is 85.1 cm³/mol. The standard InChI is InChI=1S/C17H27NO3/c1-6-7-8-16(19)18-12-17(2,3)13-9-10-14(20-4)15(11-13)21-5/h9-11H,6-8,12H2,1-5H3,(H,18,19). The van der Waals surface area contributed by atoms with Crippen LogP contribution in [0.1, 0.15) is 45.6 Å². The van der Waals surface area contributed by atoms with Gasteiger partial charge in [0.05, 0.1) is 14.2 Å². The summed E-state index contributed by atoms with van der Waals surface area (Å²) in [6, 6.07) is 5.88. The number of methoxy groups -OCH3 is 2. The van der Waals surface area contributed by atoms with Crippen LogP contribution in [0.4, 0.5) is 0 Å². The lowest BCUT2D eigenvalue weighted by Crippen LogP contribution is -2.36. The highest BCUT2D eigenvalue weighted by Crippen LogP contribution is 2.32.